The van der Waals surface area contributed by atoms with E-state index < -0.39 is 0 Å². The van der Waals surface area contributed by atoms with Gasteiger partial charge in [-0.1, -0.05) is 164 Å². The third kappa shape index (κ3) is 10.5. The Balaban J connectivity index is 0.000000945. The van der Waals surface area contributed by atoms with Gasteiger partial charge in [-0.25, -0.2) is 4.98 Å². The van der Waals surface area contributed by atoms with Gasteiger partial charge in [0.25, 0.3) is 0 Å². The molecule has 5 rings (SSSR count). The molecule has 0 bridgehead atoms. The smallest absolute Gasteiger partial charge is 0.242 e. The van der Waals surface area contributed by atoms with Crippen LogP contribution in [-0.4, -0.2) is 22.5 Å². The Hall–Kier alpha value is -3.57. The highest BCUT2D eigenvalue weighted by atomic mass is 32.2. The fourth-order valence-corrected chi connectivity index (χ4v) is 7.96. The number of benzene rings is 4. The molecular formula is C47H66BFN2S. The van der Waals surface area contributed by atoms with Crippen molar-refractivity contribution >= 4 is 35.2 Å². The van der Waals surface area contributed by atoms with Gasteiger partial charge in [-0.2, -0.15) is 3.89 Å². The minimum atomic E-state index is 0. The predicted molar refractivity (Wildman–Crippen MR) is 234 cm³/mol. The van der Waals surface area contributed by atoms with Gasteiger partial charge in [0.15, 0.2) is 0 Å². The fourth-order valence-electron chi connectivity index (χ4n) is 7.96. The molecule has 4 aromatic carbocycles. The van der Waals surface area contributed by atoms with Gasteiger partial charge in [0.05, 0.1) is 5.69 Å². The van der Waals surface area contributed by atoms with E-state index >= 15 is 0 Å². The summed E-state index contributed by atoms with van der Waals surface area (Å²) in [5.74, 6) is 1.43. The lowest BCUT2D eigenvalue weighted by molar-refractivity contribution is 0.734. The van der Waals surface area contributed by atoms with E-state index in [-0.39, 0.29) is 26.3 Å². The Morgan fingerprint density at radius 3 is 1.50 bits per heavy atom. The molecule has 0 aliphatic carbocycles. The maximum absolute atomic E-state index is 10.2. The minimum absolute atomic E-state index is 0. The molecule has 0 saturated carbocycles. The summed E-state index contributed by atoms with van der Waals surface area (Å²) in [6.07, 6.45) is 10.6. The normalized spacial score (nSPS) is 11.1. The second-order valence-electron chi connectivity index (χ2n) is 14.6. The lowest BCUT2D eigenvalue weighted by Crippen LogP contribution is -2.56. The second kappa shape index (κ2) is 20.6. The molecule has 0 aliphatic rings. The van der Waals surface area contributed by atoms with Crippen molar-refractivity contribution in [3.8, 4) is 17.1 Å². The summed E-state index contributed by atoms with van der Waals surface area (Å²) in [5, 5.41) is 0. The Kier molecular flexibility index (Phi) is 17.7. The molecule has 1 atom stereocenters. The summed E-state index contributed by atoms with van der Waals surface area (Å²) in [4.78, 5) is 5.05. The maximum atomic E-state index is 10.2. The van der Waals surface area contributed by atoms with Crippen LogP contribution < -0.4 is 16.4 Å². The molecule has 5 heteroatoms. The van der Waals surface area contributed by atoms with Crippen LogP contribution in [0.25, 0.3) is 17.1 Å². The van der Waals surface area contributed by atoms with Gasteiger partial charge >= 0.3 is 0 Å². The maximum Gasteiger partial charge on any atom is 0.242 e. The van der Waals surface area contributed by atoms with Crippen molar-refractivity contribution in [3.05, 3.63) is 123 Å². The lowest BCUT2D eigenvalue weighted by atomic mass is 9.34. The van der Waals surface area contributed by atoms with E-state index in [2.05, 4.69) is 155 Å². The SMILES string of the molecule is C.CCC(C)c1ccc(B(c2c(C)cc(C)cc2C)c2c(C)cc(C)cc2C)cc1-c1nccn1-c1c(C)cc(C)cc1C.CCCCC.CSF. The lowest BCUT2D eigenvalue weighted by Gasteiger charge is -2.26. The summed E-state index contributed by atoms with van der Waals surface area (Å²) in [5.41, 5.74) is 19.8. The molecule has 1 aromatic heterocycles. The zero-order valence-corrected chi connectivity index (χ0v) is 34.8. The van der Waals surface area contributed by atoms with Gasteiger partial charge in [-0.3, -0.25) is 4.57 Å². The first-order valence-electron chi connectivity index (χ1n) is 18.8. The number of rotatable bonds is 9. The van der Waals surface area contributed by atoms with E-state index in [9.17, 15) is 3.89 Å². The quantitative estimate of drug-likeness (QED) is 0.141. The molecular weight excluding hydrogens is 654 g/mol. The van der Waals surface area contributed by atoms with Crippen LogP contribution in [0.3, 0.4) is 0 Å². The average molecular weight is 721 g/mol. The molecule has 280 valence electrons. The largest absolute Gasteiger partial charge is 0.299 e. The molecule has 0 amide bonds. The first kappa shape index (κ1) is 44.6. The Morgan fingerprint density at radius 1 is 0.692 bits per heavy atom. The van der Waals surface area contributed by atoms with E-state index in [0.717, 1.165) is 12.2 Å². The van der Waals surface area contributed by atoms with Crippen LogP contribution in [0.1, 0.15) is 122 Å². The van der Waals surface area contributed by atoms with E-state index in [0.29, 0.717) is 5.92 Å². The average Bonchev–Trinajstić information content (AvgIpc) is 3.52. The summed E-state index contributed by atoms with van der Waals surface area (Å²) >= 11 is 0.250. The van der Waals surface area contributed by atoms with Gasteiger partial charge in [0.1, 0.15) is 5.82 Å². The summed E-state index contributed by atoms with van der Waals surface area (Å²) in [7, 11) is 0. The van der Waals surface area contributed by atoms with Crippen LogP contribution in [0.15, 0.2) is 67.0 Å². The molecule has 1 unspecified atom stereocenters. The Labute approximate surface area is 322 Å². The molecule has 2 nitrogen and oxygen atoms in total. The number of unbranched alkanes of at least 4 members (excludes halogenated alkanes) is 2. The van der Waals surface area contributed by atoms with Crippen LogP contribution in [0.2, 0.25) is 0 Å². The van der Waals surface area contributed by atoms with E-state index in [4.69, 9.17) is 4.98 Å². The first-order valence-corrected chi connectivity index (χ1v) is 19.9. The van der Waals surface area contributed by atoms with E-state index in [1.54, 1.807) is 0 Å². The number of aryl methyl sites for hydroxylation is 9. The molecule has 0 spiro atoms. The van der Waals surface area contributed by atoms with Crippen molar-refractivity contribution in [2.45, 2.75) is 129 Å². The van der Waals surface area contributed by atoms with E-state index in [1.165, 1.54) is 109 Å². The van der Waals surface area contributed by atoms with Gasteiger partial charge in [0.2, 0.25) is 6.71 Å². The van der Waals surface area contributed by atoms with Crippen molar-refractivity contribution < 1.29 is 3.89 Å². The topological polar surface area (TPSA) is 17.8 Å². The van der Waals surface area contributed by atoms with Crippen LogP contribution in [0.4, 0.5) is 3.89 Å². The van der Waals surface area contributed by atoms with Crippen molar-refractivity contribution in [2.24, 2.45) is 0 Å². The Bertz CT molecular complexity index is 1780. The zero-order valence-electron chi connectivity index (χ0n) is 34.0. The highest BCUT2D eigenvalue weighted by Gasteiger charge is 2.30. The zero-order chi connectivity index (χ0) is 38.0. The third-order valence-electron chi connectivity index (χ3n) is 10.1. The molecule has 0 radical (unpaired) electrons. The van der Waals surface area contributed by atoms with Gasteiger partial charge in [0, 0.05) is 36.4 Å². The molecule has 0 saturated heterocycles. The number of halogens is 1. The number of aromatic nitrogens is 2. The summed E-state index contributed by atoms with van der Waals surface area (Å²) in [6, 6.07) is 21.2. The molecule has 0 aliphatic heterocycles. The van der Waals surface area contributed by atoms with Crippen molar-refractivity contribution in [3.63, 3.8) is 0 Å². The fraction of sp³-hybridized carbons (Fsp3) is 0.426. The molecule has 0 N–H and O–H groups in total. The standard InChI is InChI=1S/C40H47BN2.C5H12.CH3FS.CH4/c1-12-27(5)35-14-13-34(23-36(35)40-42-15-16-43(40)39-32(10)21-26(4)22-33(39)11)41(37-28(6)17-24(2)18-29(37)7)38-30(8)19-25(3)20-31(38)9;1-3-5-4-2;1-3-2;/h13-23,27H,12H2,1-11H3;3-5H2,1-2H3;1H3;1H4. The van der Waals surface area contributed by atoms with Gasteiger partial charge in [-0.15, -0.1) is 0 Å². The third-order valence-corrected chi connectivity index (χ3v) is 10.1. The van der Waals surface area contributed by atoms with Crippen LogP contribution in [0, 0.1) is 62.3 Å². The highest BCUT2D eigenvalue weighted by molar-refractivity contribution is 7.93. The van der Waals surface area contributed by atoms with Crippen LogP contribution in [-0.2, 0) is 0 Å². The molecule has 52 heavy (non-hydrogen) atoms. The number of hydrogen-bond acceptors (Lipinski definition) is 2. The molecule has 1 heterocycles. The second-order valence-corrected chi connectivity index (χ2v) is 14.9. The van der Waals surface area contributed by atoms with Crippen molar-refractivity contribution in [1.29, 1.82) is 0 Å². The van der Waals surface area contributed by atoms with E-state index in [1.807, 2.05) is 6.20 Å². The molecule has 5 aromatic rings. The Morgan fingerprint density at radius 2 is 1.12 bits per heavy atom. The van der Waals surface area contributed by atoms with Crippen LogP contribution >= 0.6 is 12.1 Å². The van der Waals surface area contributed by atoms with Crippen molar-refractivity contribution in [2.75, 3.05) is 6.26 Å². The minimum Gasteiger partial charge on any atom is -0.299 e. The number of nitrogens with zero attached hydrogens (tertiary/aromatic N) is 2. The van der Waals surface area contributed by atoms with Gasteiger partial charge in [-0.05, 0) is 91.3 Å². The first-order chi connectivity index (χ1) is 24.2. The predicted octanol–water partition coefficient (Wildman–Crippen LogP) is 12.4. The summed E-state index contributed by atoms with van der Waals surface area (Å²) in [6.45, 7) is 29.3. The summed E-state index contributed by atoms with van der Waals surface area (Å²) < 4.78 is 12.5. The van der Waals surface area contributed by atoms with Crippen molar-refractivity contribution in [1.82, 2.24) is 9.55 Å². The van der Waals surface area contributed by atoms with Crippen LogP contribution in [0.5, 0.6) is 0 Å². The number of hydrogen-bond donors (Lipinski definition) is 0. The molecule has 0 fully saturated rings. The monoisotopic (exact) mass is 721 g/mol. The van der Waals surface area contributed by atoms with Gasteiger partial charge < -0.3 is 0 Å². The highest BCUT2D eigenvalue weighted by Crippen LogP contribution is 2.33. The number of imidazole rings is 1.